The lowest BCUT2D eigenvalue weighted by Crippen LogP contribution is -2.28. The molecular formula is C13H19N5S. The zero-order chi connectivity index (χ0) is 13.7. The Bertz CT molecular complexity index is 510. The average Bonchev–Trinajstić information content (AvgIpc) is 2.91. The molecule has 0 radical (unpaired) electrons. The molecule has 2 aromatic rings. The predicted molar refractivity (Wildman–Crippen MR) is 79.6 cm³/mol. The van der Waals surface area contributed by atoms with Gasteiger partial charge in [0.15, 0.2) is 0 Å². The lowest BCUT2D eigenvalue weighted by Gasteiger charge is -2.24. The summed E-state index contributed by atoms with van der Waals surface area (Å²) in [7, 11) is 0. The van der Waals surface area contributed by atoms with Crippen LogP contribution in [-0.4, -0.2) is 21.5 Å². The number of hydrogen-bond acceptors (Lipinski definition) is 6. The molecule has 2 heterocycles. The number of aromatic nitrogens is 3. The maximum atomic E-state index is 4.45. The SMILES string of the molecule is CCCNc1nccc(NC(C)(C)c2nccs2)n1. The highest BCUT2D eigenvalue weighted by Crippen LogP contribution is 2.26. The third kappa shape index (κ3) is 3.64. The molecule has 5 nitrogen and oxygen atoms in total. The summed E-state index contributed by atoms with van der Waals surface area (Å²) in [6.07, 6.45) is 4.62. The number of anilines is 2. The Kier molecular flexibility index (Phi) is 4.31. The van der Waals surface area contributed by atoms with Crippen molar-refractivity contribution >= 4 is 23.1 Å². The van der Waals surface area contributed by atoms with Crippen molar-refractivity contribution < 1.29 is 0 Å². The molecule has 0 aromatic carbocycles. The molecule has 2 N–H and O–H groups in total. The van der Waals surface area contributed by atoms with Crippen LogP contribution in [0.5, 0.6) is 0 Å². The fourth-order valence-corrected chi connectivity index (χ4v) is 2.37. The smallest absolute Gasteiger partial charge is 0.224 e. The quantitative estimate of drug-likeness (QED) is 0.849. The normalized spacial score (nSPS) is 11.3. The number of rotatable bonds is 6. The van der Waals surface area contributed by atoms with Gasteiger partial charge in [0, 0.05) is 24.3 Å². The molecule has 0 aliphatic heterocycles. The minimum atomic E-state index is -0.245. The van der Waals surface area contributed by atoms with Gasteiger partial charge in [-0.05, 0) is 26.3 Å². The summed E-state index contributed by atoms with van der Waals surface area (Å²) in [6, 6.07) is 1.87. The van der Waals surface area contributed by atoms with E-state index in [0.29, 0.717) is 5.95 Å². The zero-order valence-electron chi connectivity index (χ0n) is 11.5. The average molecular weight is 277 g/mol. The van der Waals surface area contributed by atoms with Gasteiger partial charge in [-0.2, -0.15) is 4.98 Å². The lowest BCUT2D eigenvalue weighted by atomic mass is 10.1. The van der Waals surface area contributed by atoms with Crippen LogP contribution in [0.1, 0.15) is 32.2 Å². The van der Waals surface area contributed by atoms with E-state index in [1.54, 1.807) is 17.5 Å². The minimum Gasteiger partial charge on any atom is -0.359 e. The minimum absolute atomic E-state index is 0.245. The van der Waals surface area contributed by atoms with Crippen molar-refractivity contribution in [1.82, 2.24) is 15.0 Å². The van der Waals surface area contributed by atoms with Crippen molar-refractivity contribution in [3.8, 4) is 0 Å². The zero-order valence-corrected chi connectivity index (χ0v) is 12.3. The Labute approximate surface area is 117 Å². The molecule has 2 aromatic heterocycles. The van der Waals surface area contributed by atoms with Gasteiger partial charge in [-0.1, -0.05) is 6.92 Å². The van der Waals surface area contributed by atoms with Gasteiger partial charge >= 0.3 is 0 Å². The summed E-state index contributed by atoms with van der Waals surface area (Å²) >= 11 is 1.63. The van der Waals surface area contributed by atoms with Gasteiger partial charge in [0.2, 0.25) is 5.95 Å². The van der Waals surface area contributed by atoms with Crippen molar-refractivity contribution in [2.75, 3.05) is 17.2 Å². The lowest BCUT2D eigenvalue weighted by molar-refractivity contribution is 0.601. The highest BCUT2D eigenvalue weighted by Gasteiger charge is 2.23. The van der Waals surface area contributed by atoms with E-state index >= 15 is 0 Å². The van der Waals surface area contributed by atoms with E-state index in [0.717, 1.165) is 23.8 Å². The Morgan fingerprint density at radius 2 is 2.11 bits per heavy atom. The number of thiazole rings is 1. The van der Waals surface area contributed by atoms with E-state index in [9.17, 15) is 0 Å². The van der Waals surface area contributed by atoms with Crippen LogP contribution in [0.4, 0.5) is 11.8 Å². The van der Waals surface area contributed by atoms with Crippen LogP contribution >= 0.6 is 11.3 Å². The Balaban J connectivity index is 2.10. The molecule has 0 bridgehead atoms. The van der Waals surface area contributed by atoms with Crippen molar-refractivity contribution in [2.45, 2.75) is 32.7 Å². The summed E-state index contributed by atoms with van der Waals surface area (Å²) in [5.74, 6) is 1.45. The van der Waals surface area contributed by atoms with Crippen LogP contribution in [0.2, 0.25) is 0 Å². The van der Waals surface area contributed by atoms with E-state index in [1.165, 1.54) is 0 Å². The first kappa shape index (κ1) is 13.7. The molecule has 0 amide bonds. The molecule has 0 saturated carbocycles. The molecular weight excluding hydrogens is 258 g/mol. The second-order valence-electron chi connectivity index (χ2n) is 4.78. The van der Waals surface area contributed by atoms with Crippen LogP contribution in [-0.2, 0) is 5.54 Å². The largest absolute Gasteiger partial charge is 0.359 e. The van der Waals surface area contributed by atoms with Gasteiger partial charge in [0.25, 0.3) is 0 Å². The standard InChI is InChI=1S/C13H19N5S/c1-4-6-15-12-16-7-5-10(17-12)18-13(2,3)11-14-8-9-19-11/h5,7-9H,4,6H2,1-3H3,(H2,15,16,17,18). The van der Waals surface area contributed by atoms with Crippen molar-refractivity contribution in [3.05, 3.63) is 28.8 Å². The third-order valence-electron chi connectivity index (χ3n) is 2.60. The molecule has 102 valence electrons. The van der Waals surface area contributed by atoms with Gasteiger partial charge in [-0.25, -0.2) is 9.97 Å². The molecule has 0 saturated heterocycles. The Morgan fingerprint density at radius 1 is 1.26 bits per heavy atom. The highest BCUT2D eigenvalue weighted by atomic mass is 32.1. The first-order chi connectivity index (χ1) is 9.12. The van der Waals surface area contributed by atoms with Crippen molar-refractivity contribution in [1.29, 1.82) is 0 Å². The van der Waals surface area contributed by atoms with Gasteiger partial charge in [0.05, 0.1) is 5.54 Å². The maximum absolute atomic E-state index is 4.45. The second-order valence-corrected chi connectivity index (χ2v) is 5.67. The fourth-order valence-electron chi connectivity index (χ4n) is 1.66. The van der Waals surface area contributed by atoms with E-state index in [1.807, 2.05) is 17.6 Å². The number of nitrogens with zero attached hydrogens (tertiary/aromatic N) is 3. The van der Waals surface area contributed by atoms with Gasteiger partial charge in [-0.15, -0.1) is 11.3 Å². The molecule has 2 rings (SSSR count). The predicted octanol–water partition coefficient (Wildman–Crippen LogP) is 3.10. The molecule has 0 fully saturated rings. The topological polar surface area (TPSA) is 62.7 Å². The van der Waals surface area contributed by atoms with Crippen LogP contribution in [0.15, 0.2) is 23.8 Å². The van der Waals surface area contributed by atoms with Gasteiger partial charge < -0.3 is 10.6 Å². The van der Waals surface area contributed by atoms with Crippen LogP contribution in [0.3, 0.4) is 0 Å². The summed E-state index contributed by atoms with van der Waals surface area (Å²) in [6.45, 7) is 7.17. The van der Waals surface area contributed by atoms with Gasteiger partial charge in [0.1, 0.15) is 10.8 Å². The molecule has 0 aliphatic carbocycles. The number of nitrogens with one attached hydrogen (secondary N) is 2. The van der Waals surface area contributed by atoms with E-state index in [-0.39, 0.29) is 5.54 Å². The highest BCUT2D eigenvalue weighted by molar-refractivity contribution is 7.09. The van der Waals surface area contributed by atoms with E-state index in [2.05, 4.69) is 46.4 Å². The monoisotopic (exact) mass is 277 g/mol. The van der Waals surface area contributed by atoms with Gasteiger partial charge in [-0.3, -0.25) is 0 Å². The fraction of sp³-hybridized carbons (Fsp3) is 0.462. The molecule has 6 heteroatoms. The Hall–Kier alpha value is -1.69. The van der Waals surface area contributed by atoms with Crippen molar-refractivity contribution in [2.24, 2.45) is 0 Å². The van der Waals surface area contributed by atoms with Crippen LogP contribution < -0.4 is 10.6 Å². The third-order valence-corrected chi connectivity index (χ3v) is 3.69. The molecule has 0 aliphatic rings. The second kappa shape index (κ2) is 5.97. The summed E-state index contributed by atoms with van der Waals surface area (Å²) in [5, 5.41) is 9.59. The van der Waals surface area contributed by atoms with E-state index < -0.39 is 0 Å². The first-order valence-corrected chi connectivity index (χ1v) is 7.25. The molecule has 0 spiro atoms. The Morgan fingerprint density at radius 3 is 2.79 bits per heavy atom. The summed E-state index contributed by atoms with van der Waals surface area (Å²) in [4.78, 5) is 13.0. The molecule has 0 atom stereocenters. The van der Waals surface area contributed by atoms with Crippen molar-refractivity contribution in [3.63, 3.8) is 0 Å². The van der Waals surface area contributed by atoms with Crippen LogP contribution in [0.25, 0.3) is 0 Å². The molecule has 0 unspecified atom stereocenters. The summed E-state index contributed by atoms with van der Waals surface area (Å²) < 4.78 is 0. The van der Waals surface area contributed by atoms with E-state index in [4.69, 9.17) is 0 Å². The summed E-state index contributed by atoms with van der Waals surface area (Å²) in [5.41, 5.74) is -0.245. The molecule has 19 heavy (non-hydrogen) atoms. The maximum Gasteiger partial charge on any atom is 0.224 e. The first-order valence-electron chi connectivity index (χ1n) is 6.37. The number of hydrogen-bond donors (Lipinski definition) is 2. The van der Waals surface area contributed by atoms with Crippen LogP contribution in [0, 0.1) is 0 Å².